The Balaban J connectivity index is 2.09. The monoisotopic (exact) mass is 370 g/mol. The fraction of sp³-hybridized carbons (Fsp3) is 0.263. The van der Waals surface area contributed by atoms with Gasteiger partial charge in [0.2, 0.25) is 0 Å². The Morgan fingerprint density at radius 1 is 1.08 bits per heavy atom. The molecule has 2 heterocycles. The first-order valence-corrected chi connectivity index (χ1v) is 10.0. The lowest BCUT2D eigenvalue weighted by Crippen LogP contribution is -2.31. The highest BCUT2D eigenvalue weighted by molar-refractivity contribution is 7.96. The zero-order valence-corrected chi connectivity index (χ0v) is 15.4. The minimum atomic E-state index is -3.82. The van der Waals surface area contributed by atoms with Crippen molar-refractivity contribution in [3.8, 4) is 0 Å². The molecule has 0 atom stereocenters. The van der Waals surface area contributed by atoms with E-state index in [1.807, 2.05) is 24.3 Å². The van der Waals surface area contributed by atoms with Crippen molar-refractivity contribution in [2.24, 2.45) is 0 Å². The van der Waals surface area contributed by atoms with Gasteiger partial charge in [-0.2, -0.15) is 0 Å². The van der Waals surface area contributed by atoms with E-state index in [4.69, 9.17) is 0 Å². The van der Waals surface area contributed by atoms with E-state index >= 15 is 0 Å². The minimum Gasteiger partial charge on any atom is -0.354 e. The van der Waals surface area contributed by atoms with Gasteiger partial charge in [-0.25, -0.2) is 18.4 Å². The zero-order valence-electron chi connectivity index (χ0n) is 14.6. The Morgan fingerprint density at radius 2 is 1.73 bits per heavy atom. The van der Waals surface area contributed by atoms with Crippen LogP contribution in [0, 0.1) is 0 Å². The molecule has 6 nitrogen and oxygen atoms in total. The third-order valence-corrected chi connectivity index (χ3v) is 5.62. The second-order valence-electron chi connectivity index (χ2n) is 6.05. The number of para-hydroxylation sites is 2. The molecule has 1 N–H and O–H groups in total. The zero-order chi connectivity index (χ0) is 18.6. The summed E-state index contributed by atoms with van der Waals surface area (Å²) in [5.74, 6) is 0.802. The quantitative estimate of drug-likeness (QED) is 0.786. The van der Waals surface area contributed by atoms with E-state index in [0.29, 0.717) is 11.3 Å². The summed E-state index contributed by atoms with van der Waals surface area (Å²) in [7, 11) is -3.82. The van der Waals surface area contributed by atoms with Crippen molar-refractivity contribution in [1.29, 1.82) is 0 Å². The summed E-state index contributed by atoms with van der Waals surface area (Å²) in [5.41, 5.74) is 1.38. The van der Waals surface area contributed by atoms with Crippen molar-refractivity contribution in [3.05, 3.63) is 60.6 Å². The standard InChI is InChI=1S/C19H22N4O2S/c1-3-10-15(4-2)26(24,25)22-18-19(23-13-8-5-9-14-23)21-17-12-7-6-11-16(17)20-18/h3-4,6-7,10-12H,1-2,5,8-9,13-14H2,(H,20,22)/b15-10+. The average molecular weight is 370 g/mol. The van der Waals surface area contributed by atoms with Crippen LogP contribution in [0.2, 0.25) is 0 Å². The highest BCUT2D eigenvalue weighted by Crippen LogP contribution is 2.29. The molecule has 1 aromatic carbocycles. The lowest BCUT2D eigenvalue weighted by atomic mass is 10.1. The number of allylic oxidation sites excluding steroid dienone is 3. The van der Waals surface area contributed by atoms with Crippen LogP contribution in [0.15, 0.2) is 60.6 Å². The summed E-state index contributed by atoms with van der Waals surface area (Å²) < 4.78 is 28.0. The molecular formula is C19H22N4O2S. The topological polar surface area (TPSA) is 75.2 Å². The number of hydrogen-bond donors (Lipinski definition) is 1. The average Bonchev–Trinajstić information content (AvgIpc) is 2.65. The van der Waals surface area contributed by atoms with Crippen LogP contribution in [-0.4, -0.2) is 31.5 Å². The van der Waals surface area contributed by atoms with Crippen LogP contribution in [0.5, 0.6) is 0 Å². The molecular weight excluding hydrogens is 348 g/mol. The van der Waals surface area contributed by atoms with Crippen molar-refractivity contribution in [3.63, 3.8) is 0 Å². The fourth-order valence-corrected chi connectivity index (χ4v) is 3.96. The molecule has 1 aliphatic rings. The molecule has 0 radical (unpaired) electrons. The van der Waals surface area contributed by atoms with Crippen LogP contribution < -0.4 is 9.62 Å². The maximum atomic E-state index is 12.7. The SMILES string of the molecule is C=C/C=C(\C=C)S(=O)(=O)Nc1nc2ccccc2nc1N1CCCCC1. The molecule has 0 saturated carbocycles. The molecule has 0 aliphatic carbocycles. The van der Waals surface area contributed by atoms with Gasteiger partial charge in [0, 0.05) is 13.1 Å². The van der Waals surface area contributed by atoms with Crippen LogP contribution in [-0.2, 0) is 10.0 Å². The highest BCUT2D eigenvalue weighted by atomic mass is 32.2. The Bertz CT molecular complexity index is 961. The largest absolute Gasteiger partial charge is 0.354 e. The van der Waals surface area contributed by atoms with Gasteiger partial charge in [-0.3, -0.25) is 4.72 Å². The molecule has 26 heavy (non-hydrogen) atoms. The molecule has 3 rings (SSSR count). The van der Waals surface area contributed by atoms with E-state index in [1.54, 1.807) is 0 Å². The van der Waals surface area contributed by atoms with Gasteiger partial charge in [-0.1, -0.05) is 31.4 Å². The predicted octanol–water partition coefficient (Wildman–Crippen LogP) is 3.62. The van der Waals surface area contributed by atoms with E-state index < -0.39 is 10.0 Å². The minimum absolute atomic E-state index is 0.0343. The maximum Gasteiger partial charge on any atom is 0.263 e. The van der Waals surface area contributed by atoms with Crippen LogP contribution >= 0.6 is 0 Å². The number of rotatable bonds is 6. The van der Waals surface area contributed by atoms with Crippen molar-refractivity contribution in [1.82, 2.24) is 9.97 Å². The molecule has 0 unspecified atom stereocenters. The van der Waals surface area contributed by atoms with Gasteiger partial charge in [0.05, 0.1) is 15.9 Å². The molecule has 1 saturated heterocycles. The third-order valence-electron chi connectivity index (χ3n) is 4.23. The number of fused-ring (bicyclic) bond motifs is 1. The second-order valence-corrected chi connectivity index (χ2v) is 7.73. The lowest BCUT2D eigenvalue weighted by molar-refractivity contribution is 0.574. The number of aromatic nitrogens is 2. The number of anilines is 2. The summed E-state index contributed by atoms with van der Waals surface area (Å²) in [4.78, 5) is 11.3. The number of piperidine rings is 1. The number of nitrogens with one attached hydrogen (secondary N) is 1. The fourth-order valence-electron chi connectivity index (χ4n) is 2.96. The summed E-state index contributed by atoms with van der Waals surface area (Å²) in [6.07, 6.45) is 7.35. The van der Waals surface area contributed by atoms with Crippen LogP contribution in [0.1, 0.15) is 19.3 Å². The Hall–Kier alpha value is -2.67. The molecule has 0 spiro atoms. The van der Waals surface area contributed by atoms with Crippen molar-refractivity contribution in [2.75, 3.05) is 22.7 Å². The molecule has 2 aromatic rings. The molecule has 0 amide bonds. The molecule has 136 valence electrons. The summed E-state index contributed by atoms with van der Waals surface area (Å²) in [6, 6.07) is 7.43. The first kappa shape index (κ1) is 18.1. The first-order valence-electron chi connectivity index (χ1n) is 8.55. The van der Waals surface area contributed by atoms with Gasteiger partial charge in [0.1, 0.15) is 0 Å². The third kappa shape index (κ3) is 3.77. The number of sulfonamides is 1. The van der Waals surface area contributed by atoms with Gasteiger partial charge in [-0.05, 0) is 43.5 Å². The molecule has 7 heteroatoms. The number of benzene rings is 1. The molecule has 1 aromatic heterocycles. The molecule has 0 bridgehead atoms. The summed E-state index contributed by atoms with van der Waals surface area (Å²) in [5, 5.41) is 0. The van der Waals surface area contributed by atoms with E-state index in [0.717, 1.165) is 31.4 Å². The van der Waals surface area contributed by atoms with Crippen LogP contribution in [0.4, 0.5) is 11.6 Å². The van der Waals surface area contributed by atoms with E-state index in [-0.39, 0.29) is 10.7 Å². The highest BCUT2D eigenvalue weighted by Gasteiger charge is 2.23. The second kappa shape index (κ2) is 7.70. The van der Waals surface area contributed by atoms with E-state index in [2.05, 4.69) is 32.7 Å². The number of hydrogen-bond acceptors (Lipinski definition) is 5. The Kier molecular flexibility index (Phi) is 5.37. The van der Waals surface area contributed by atoms with Gasteiger partial charge in [0.15, 0.2) is 11.6 Å². The Labute approximate surface area is 154 Å². The van der Waals surface area contributed by atoms with Gasteiger partial charge in [0.25, 0.3) is 10.0 Å². The van der Waals surface area contributed by atoms with Crippen molar-refractivity contribution >= 4 is 32.7 Å². The van der Waals surface area contributed by atoms with E-state index in [9.17, 15) is 8.42 Å². The van der Waals surface area contributed by atoms with Crippen LogP contribution in [0.3, 0.4) is 0 Å². The summed E-state index contributed by atoms with van der Waals surface area (Å²) in [6.45, 7) is 8.78. The Morgan fingerprint density at radius 3 is 2.35 bits per heavy atom. The van der Waals surface area contributed by atoms with Crippen LogP contribution in [0.25, 0.3) is 11.0 Å². The normalized spacial score (nSPS) is 15.7. The predicted molar refractivity (Wildman–Crippen MR) is 107 cm³/mol. The maximum absolute atomic E-state index is 12.7. The molecule has 1 fully saturated rings. The lowest BCUT2D eigenvalue weighted by Gasteiger charge is -2.29. The van der Waals surface area contributed by atoms with Gasteiger partial charge in [-0.15, -0.1) is 0 Å². The first-order chi connectivity index (χ1) is 12.5. The van der Waals surface area contributed by atoms with Gasteiger partial charge < -0.3 is 4.90 Å². The van der Waals surface area contributed by atoms with Crippen molar-refractivity contribution < 1.29 is 8.42 Å². The molecule has 1 aliphatic heterocycles. The number of nitrogens with zero attached hydrogens (tertiary/aromatic N) is 3. The van der Waals surface area contributed by atoms with Gasteiger partial charge >= 0.3 is 0 Å². The van der Waals surface area contributed by atoms with E-state index in [1.165, 1.54) is 24.6 Å². The smallest absolute Gasteiger partial charge is 0.263 e. The van der Waals surface area contributed by atoms with Crippen molar-refractivity contribution in [2.45, 2.75) is 19.3 Å². The summed E-state index contributed by atoms with van der Waals surface area (Å²) >= 11 is 0.